The van der Waals surface area contributed by atoms with Crippen molar-refractivity contribution in [3.8, 4) is 11.5 Å². The van der Waals surface area contributed by atoms with Crippen LogP contribution in [-0.4, -0.2) is 46.7 Å². The van der Waals surface area contributed by atoms with Gasteiger partial charge in [-0.3, -0.25) is 4.79 Å². The molecule has 0 bridgehead atoms. The monoisotopic (exact) mass is 374 g/mol. The molecule has 3 aromatic rings. The number of imidazole rings is 1. The zero-order chi connectivity index (χ0) is 18.4. The maximum atomic E-state index is 11.8. The first-order valence-corrected chi connectivity index (χ1v) is 8.85. The topological polar surface area (TPSA) is 84.3 Å². The minimum absolute atomic E-state index is 0.0430. The second kappa shape index (κ2) is 6.41. The Hall–Kier alpha value is -2.38. The average molecular weight is 375 g/mol. The molecule has 0 amide bonds. The molecule has 0 unspecified atom stereocenters. The largest absolute Gasteiger partial charge is 0.372 e. The molecule has 2 aromatic heterocycles. The van der Waals surface area contributed by atoms with Crippen LogP contribution in [-0.2, 0) is 4.74 Å². The van der Waals surface area contributed by atoms with Gasteiger partial charge in [0, 0.05) is 24.8 Å². The van der Waals surface area contributed by atoms with E-state index in [2.05, 4.69) is 20.0 Å². The molecular weight excluding hydrogens is 356 g/mol. The Morgan fingerprint density at radius 3 is 2.69 bits per heavy atom. The van der Waals surface area contributed by atoms with E-state index in [1.807, 2.05) is 20.8 Å². The lowest BCUT2D eigenvalue weighted by molar-refractivity contribution is -0.00524. The maximum absolute atomic E-state index is 11.8. The van der Waals surface area contributed by atoms with Crippen molar-refractivity contribution < 1.29 is 14.1 Å². The van der Waals surface area contributed by atoms with Crippen LogP contribution in [0.15, 0.2) is 16.8 Å². The molecule has 1 N–H and O–H groups in total. The van der Waals surface area contributed by atoms with Gasteiger partial charge in [0.05, 0.1) is 29.0 Å². The van der Waals surface area contributed by atoms with Crippen LogP contribution in [0.25, 0.3) is 22.5 Å². The molecular formula is C18H19ClN4O3. The smallest absolute Gasteiger partial charge is 0.188 e. The number of nitrogens with one attached hydrogen (secondary N) is 1. The zero-order valence-corrected chi connectivity index (χ0v) is 15.5. The Morgan fingerprint density at radius 2 is 2.08 bits per heavy atom. The Morgan fingerprint density at radius 1 is 1.35 bits per heavy atom. The molecule has 1 saturated heterocycles. The first-order chi connectivity index (χ1) is 12.5. The second-order valence-corrected chi connectivity index (χ2v) is 7.08. The van der Waals surface area contributed by atoms with E-state index < -0.39 is 0 Å². The van der Waals surface area contributed by atoms with Gasteiger partial charge in [-0.05, 0) is 26.8 Å². The molecule has 0 aliphatic carbocycles. The summed E-state index contributed by atoms with van der Waals surface area (Å²) in [7, 11) is 0. The summed E-state index contributed by atoms with van der Waals surface area (Å²) in [5.41, 5.74) is 2.98. The Balaban J connectivity index is 1.87. The fourth-order valence-corrected chi connectivity index (χ4v) is 3.89. The van der Waals surface area contributed by atoms with Crippen LogP contribution >= 0.6 is 11.6 Å². The molecule has 0 saturated carbocycles. The van der Waals surface area contributed by atoms with Crippen LogP contribution in [0, 0.1) is 6.92 Å². The summed E-state index contributed by atoms with van der Waals surface area (Å²) in [5, 5.41) is 5.16. The van der Waals surface area contributed by atoms with Crippen LogP contribution in [0.5, 0.6) is 0 Å². The molecule has 1 fully saturated rings. The molecule has 7 nitrogen and oxygen atoms in total. The summed E-state index contributed by atoms with van der Waals surface area (Å²) in [6, 6.07) is 1.76. The van der Waals surface area contributed by atoms with Gasteiger partial charge in [-0.1, -0.05) is 16.8 Å². The van der Waals surface area contributed by atoms with Crippen molar-refractivity contribution in [3.05, 3.63) is 28.5 Å². The predicted octanol–water partition coefficient (Wildman–Crippen LogP) is 3.61. The summed E-state index contributed by atoms with van der Waals surface area (Å²) < 4.78 is 11.3. The number of aryl methyl sites for hydroxylation is 1. The van der Waals surface area contributed by atoms with Crippen LogP contribution in [0.1, 0.15) is 29.9 Å². The molecule has 2 atom stereocenters. The molecule has 26 heavy (non-hydrogen) atoms. The van der Waals surface area contributed by atoms with Crippen LogP contribution in [0.2, 0.25) is 5.02 Å². The minimum Gasteiger partial charge on any atom is -0.372 e. The second-order valence-electron chi connectivity index (χ2n) is 6.71. The first-order valence-electron chi connectivity index (χ1n) is 8.47. The number of H-pyrrole nitrogens is 1. The number of rotatable bonds is 3. The minimum atomic E-state index is 0.0430. The van der Waals surface area contributed by atoms with Gasteiger partial charge < -0.3 is 19.1 Å². The Labute approximate surface area is 155 Å². The number of aromatic amines is 1. The Bertz CT molecular complexity index is 970. The first kappa shape index (κ1) is 17.1. The number of aldehydes is 1. The highest BCUT2D eigenvalue weighted by Crippen LogP contribution is 2.40. The van der Waals surface area contributed by atoms with E-state index in [4.69, 9.17) is 20.9 Å². The molecule has 4 rings (SSSR count). The lowest BCUT2D eigenvalue weighted by Gasteiger charge is -2.37. The van der Waals surface area contributed by atoms with Gasteiger partial charge in [0.1, 0.15) is 5.02 Å². The highest BCUT2D eigenvalue weighted by Gasteiger charge is 2.28. The van der Waals surface area contributed by atoms with Gasteiger partial charge in [0.25, 0.3) is 0 Å². The van der Waals surface area contributed by atoms with Crippen LogP contribution < -0.4 is 4.90 Å². The molecule has 3 heterocycles. The summed E-state index contributed by atoms with van der Waals surface area (Å²) in [4.78, 5) is 21.3. The third-order valence-electron chi connectivity index (χ3n) is 4.50. The summed E-state index contributed by atoms with van der Waals surface area (Å²) in [6.45, 7) is 7.18. The van der Waals surface area contributed by atoms with Crippen molar-refractivity contribution in [1.29, 1.82) is 0 Å². The molecule has 0 spiro atoms. The number of aromatic nitrogens is 3. The quantitative estimate of drug-likeness (QED) is 0.705. The number of hydrogen-bond acceptors (Lipinski definition) is 6. The zero-order valence-electron chi connectivity index (χ0n) is 14.7. The third-order valence-corrected chi connectivity index (χ3v) is 4.85. The van der Waals surface area contributed by atoms with Crippen molar-refractivity contribution in [2.75, 3.05) is 18.0 Å². The van der Waals surface area contributed by atoms with E-state index in [1.54, 1.807) is 12.3 Å². The fourth-order valence-electron chi connectivity index (χ4n) is 3.53. The van der Waals surface area contributed by atoms with E-state index in [0.29, 0.717) is 51.9 Å². The highest BCUT2D eigenvalue weighted by atomic mass is 35.5. The standard InChI is InChI=1S/C18H19ClN4O3/c1-9-5-20-18(21-9)15-13-4-12(8-24)16(14(19)17(13)26-22-15)23-6-10(2)25-11(3)7-23/h4-5,8,10-11H,6-7H2,1-3H3,(H,20,21)/t10-,11+. The van der Waals surface area contributed by atoms with Gasteiger partial charge >= 0.3 is 0 Å². The number of anilines is 1. The number of ether oxygens (including phenoxy) is 1. The normalized spacial score (nSPS) is 20.7. The third kappa shape index (κ3) is 2.77. The molecule has 1 aliphatic rings. The molecule has 0 radical (unpaired) electrons. The number of halogens is 1. The van der Waals surface area contributed by atoms with Crippen LogP contribution in [0.3, 0.4) is 0 Å². The SMILES string of the molecule is Cc1c[nH]c(-c2noc3c(Cl)c(N4C[C@@H](C)O[C@@H](C)C4)c(C=O)cc23)n1. The molecule has 1 aliphatic heterocycles. The van der Waals surface area contributed by atoms with Crippen molar-refractivity contribution in [3.63, 3.8) is 0 Å². The van der Waals surface area contributed by atoms with E-state index in [-0.39, 0.29) is 12.2 Å². The van der Waals surface area contributed by atoms with Gasteiger partial charge in [-0.2, -0.15) is 0 Å². The lowest BCUT2D eigenvalue weighted by Crippen LogP contribution is -2.46. The maximum Gasteiger partial charge on any atom is 0.188 e. The summed E-state index contributed by atoms with van der Waals surface area (Å²) in [5.74, 6) is 0.579. The van der Waals surface area contributed by atoms with Gasteiger partial charge in [0.15, 0.2) is 23.4 Å². The van der Waals surface area contributed by atoms with Crippen molar-refractivity contribution >= 4 is 34.5 Å². The van der Waals surface area contributed by atoms with E-state index in [1.165, 1.54) is 0 Å². The fraction of sp³-hybridized carbons (Fsp3) is 0.389. The average Bonchev–Trinajstić information content (AvgIpc) is 3.19. The summed E-state index contributed by atoms with van der Waals surface area (Å²) >= 11 is 6.65. The number of nitrogens with zero attached hydrogens (tertiary/aromatic N) is 3. The van der Waals surface area contributed by atoms with Gasteiger partial charge in [-0.25, -0.2) is 4.98 Å². The molecule has 136 valence electrons. The number of carbonyl (C=O) groups is 1. The lowest BCUT2D eigenvalue weighted by atomic mass is 10.1. The van der Waals surface area contributed by atoms with Crippen molar-refractivity contribution in [1.82, 2.24) is 15.1 Å². The number of hydrogen-bond donors (Lipinski definition) is 1. The Kier molecular flexibility index (Phi) is 4.20. The van der Waals surface area contributed by atoms with Crippen LogP contribution in [0.4, 0.5) is 5.69 Å². The number of morpholine rings is 1. The number of benzene rings is 1. The predicted molar refractivity (Wildman–Crippen MR) is 98.9 cm³/mol. The number of fused-ring (bicyclic) bond motifs is 1. The van der Waals surface area contributed by atoms with E-state index >= 15 is 0 Å². The number of carbonyl (C=O) groups excluding carboxylic acids is 1. The van der Waals surface area contributed by atoms with E-state index in [9.17, 15) is 4.79 Å². The highest BCUT2D eigenvalue weighted by molar-refractivity contribution is 6.38. The van der Waals surface area contributed by atoms with Crippen molar-refractivity contribution in [2.24, 2.45) is 0 Å². The van der Waals surface area contributed by atoms with Gasteiger partial charge in [-0.15, -0.1) is 0 Å². The summed E-state index contributed by atoms with van der Waals surface area (Å²) in [6.07, 6.45) is 2.68. The molecule has 1 aromatic carbocycles. The van der Waals surface area contributed by atoms with E-state index in [0.717, 1.165) is 12.0 Å². The van der Waals surface area contributed by atoms with Crippen molar-refractivity contribution in [2.45, 2.75) is 33.0 Å². The van der Waals surface area contributed by atoms with Gasteiger partial charge in [0.2, 0.25) is 0 Å². The molecule has 8 heteroatoms.